The van der Waals surface area contributed by atoms with Gasteiger partial charge in [-0.1, -0.05) is 0 Å². The van der Waals surface area contributed by atoms with Gasteiger partial charge in [0.2, 0.25) is 17.8 Å². The minimum Gasteiger partial charge on any atom is -0.480 e. The first-order chi connectivity index (χ1) is 22.4. The number of nitrogens with zero attached hydrogens (tertiary/aromatic N) is 4. The zero-order valence-electron chi connectivity index (χ0n) is 25.5. The number of carbonyl (C=O) groups excluding carboxylic acids is 5. The Hall–Kier alpha value is -6.20. The summed E-state index contributed by atoms with van der Waals surface area (Å²) < 4.78 is 4.43. The summed E-state index contributed by atoms with van der Waals surface area (Å²) in [5, 5.41) is 16.7. The molecule has 0 aromatic heterocycles. The van der Waals surface area contributed by atoms with Crippen molar-refractivity contribution in [2.24, 2.45) is 27.2 Å². The number of piperazine rings is 1. The summed E-state index contributed by atoms with van der Waals surface area (Å²) in [5.41, 5.74) is 17.7. The second-order valence-electron chi connectivity index (χ2n) is 10.1. The van der Waals surface area contributed by atoms with Crippen LogP contribution in [-0.2, 0) is 19.1 Å². The van der Waals surface area contributed by atoms with Crippen LogP contribution in [0.3, 0.4) is 0 Å². The fraction of sp³-hybridized carbons (Fsp3) is 0.310. The molecule has 1 aliphatic heterocycles. The van der Waals surface area contributed by atoms with Crippen molar-refractivity contribution >= 4 is 59.0 Å². The van der Waals surface area contributed by atoms with E-state index in [4.69, 9.17) is 17.2 Å². The normalized spacial score (nSPS) is 14.5. The highest BCUT2D eigenvalue weighted by molar-refractivity contribution is 5.98. The highest BCUT2D eigenvalue weighted by atomic mass is 16.5. The van der Waals surface area contributed by atoms with Crippen LogP contribution in [0.1, 0.15) is 33.6 Å². The van der Waals surface area contributed by atoms with Crippen molar-refractivity contribution in [2.45, 2.75) is 18.9 Å². The number of carboxylic acid groups (broad SMARTS) is 1. The number of amides is 5. The number of nitrogens with one attached hydrogen (secondary N) is 3. The molecule has 2 aromatic carbocycles. The van der Waals surface area contributed by atoms with Gasteiger partial charge in [0.05, 0.1) is 25.0 Å². The molecule has 5 amide bonds. The summed E-state index contributed by atoms with van der Waals surface area (Å²) in [6.45, 7) is -0.722. The van der Waals surface area contributed by atoms with Crippen molar-refractivity contribution in [3.63, 3.8) is 0 Å². The van der Waals surface area contributed by atoms with Gasteiger partial charge in [-0.3, -0.25) is 29.3 Å². The number of guanidine groups is 2. The molecule has 0 bridgehead atoms. The Bertz CT molecular complexity index is 1540. The third-order valence-corrected chi connectivity index (χ3v) is 6.75. The average molecular weight is 653 g/mol. The van der Waals surface area contributed by atoms with Crippen LogP contribution in [0.4, 0.5) is 16.2 Å². The third kappa shape index (κ3) is 10.7. The van der Waals surface area contributed by atoms with Gasteiger partial charge < -0.3 is 47.5 Å². The molecule has 0 aliphatic carbocycles. The molecule has 18 heteroatoms. The maximum Gasteiger partial charge on any atom is 0.413 e. The lowest BCUT2D eigenvalue weighted by Gasteiger charge is -2.40. The molecule has 47 heavy (non-hydrogen) atoms. The van der Waals surface area contributed by atoms with Crippen molar-refractivity contribution in [1.29, 1.82) is 0 Å². The van der Waals surface area contributed by atoms with E-state index in [1.807, 2.05) is 0 Å². The Morgan fingerprint density at radius 1 is 0.894 bits per heavy atom. The fourth-order valence-corrected chi connectivity index (χ4v) is 4.54. The van der Waals surface area contributed by atoms with Gasteiger partial charge in [0.15, 0.2) is 5.96 Å². The van der Waals surface area contributed by atoms with Crippen LogP contribution >= 0.6 is 0 Å². The molecule has 1 fully saturated rings. The SMILES string of the molecule is COC(=O)NC(N)=Nc1ccc(C(=O)NCC(=O)N2CCN(CC(=O)O)C(=O)[C@@H]2CCCNC(=O)c2ccc(N=C(N)N)cc2)cc1. The molecular weight excluding hydrogens is 616 g/mol. The molecule has 250 valence electrons. The van der Waals surface area contributed by atoms with Gasteiger partial charge in [-0.2, -0.15) is 0 Å². The number of methoxy groups -OCH3 is 1. The number of aliphatic imine (C=N–C) groups is 2. The Labute approximate surface area is 269 Å². The highest BCUT2D eigenvalue weighted by Gasteiger charge is 2.37. The van der Waals surface area contributed by atoms with Gasteiger partial charge in [-0.15, -0.1) is 0 Å². The van der Waals surface area contributed by atoms with E-state index in [9.17, 15) is 33.9 Å². The number of rotatable bonds is 12. The number of aliphatic carboxylic acids is 1. The van der Waals surface area contributed by atoms with Crippen LogP contribution in [0.5, 0.6) is 0 Å². The van der Waals surface area contributed by atoms with E-state index in [-0.39, 0.29) is 49.4 Å². The molecule has 0 spiro atoms. The summed E-state index contributed by atoms with van der Waals surface area (Å²) in [7, 11) is 1.17. The first-order valence-electron chi connectivity index (χ1n) is 14.2. The number of alkyl carbamates (subject to hydrolysis) is 1. The standard InChI is InChI=1S/C29H36N10O8/c1-47-29(46)37-28(32)36-20-10-6-18(7-11-20)25(44)34-15-22(40)39-14-13-38(16-23(41)42)26(45)21(39)3-2-12-33-24(43)17-4-8-19(9-5-17)35-27(30)31/h4-11,21H,2-3,12-16H2,1H3,(H,33,43)(H,34,44)(H,41,42)(H4,30,31,35)(H3,32,36,37,46)/t21-/m0/s1. The van der Waals surface area contributed by atoms with E-state index in [0.717, 1.165) is 4.90 Å². The summed E-state index contributed by atoms with van der Waals surface area (Å²) in [4.78, 5) is 84.5. The van der Waals surface area contributed by atoms with Crippen molar-refractivity contribution < 1.29 is 38.6 Å². The number of ether oxygens (including phenoxy) is 1. The van der Waals surface area contributed by atoms with Crippen LogP contribution in [-0.4, -0.2) is 108 Å². The molecule has 1 aliphatic rings. The Morgan fingerprint density at radius 2 is 1.47 bits per heavy atom. The third-order valence-electron chi connectivity index (χ3n) is 6.75. The van der Waals surface area contributed by atoms with Crippen LogP contribution in [0.25, 0.3) is 0 Å². The molecule has 0 unspecified atom stereocenters. The van der Waals surface area contributed by atoms with Gasteiger partial charge in [0, 0.05) is 30.8 Å². The van der Waals surface area contributed by atoms with Crippen molar-refractivity contribution in [1.82, 2.24) is 25.8 Å². The van der Waals surface area contributed by atoms with Crippen LogP contribution < -0.4 is 33.2 Å². The lowest BCUT2D eigenvalue weighted by Crippen LogP contribution is -2.60. The molecule has 10 N–H and O–H groups in total. The minimum atomic E-state index is -1.19. The van der Waals surface area contributed by atoms with Crippen molar-refractivity contribution in [3.8, 4) is 0 Å². The van der Waals surface area contributed by atoms with Crippen LogP contribution in [0.2, 0.25) is 0 Å². The smallest absolute Gasteiger partial charge is 0.413 e. The van der Waals surface area contributed by atoms with E-state index in [2.05, 4.69) is 30.7 Å². The first kappa shape index (κ1) is 35.3. The van der Waals surface area contributed by atoms with Crippen molar-refractivity contribution in [2.75, 3.05) is 39.8 Å². The Kier molecular flexibility index (Phi) is 12.6. The molecule has 2 aromatic rings. The summed E-state index contributed by atoms with van der Waals surface area (Å²) >= 11 is 0. The molecule has 3 rings (SSSR count). The molecule has 1 atom stereocenters. The van der Waals surface area contributed by atoms with E-state index in [1.54, 1.807) is 24.3 Å². The second kappa shape index (κ2) is 16.8. The van der Waals surface area contributed by atoms with Crippen LogP contribution in [0, 0.1) is 0 Å². The monoisotopic (exact) mass is 652 g/mol. The van der Waals surface area contributed by atoms with E-state index < -0.39 is 48.9 Å². The van der Waals surface area contributed by atoms with E-state index >= 15 is 0 Å². The minimum absolute atomic E-state index is 0.00382. The van der Waals surface area contributed by atoms with Gasteiger partial charge in [0.1, 0.15) is 12.6 Å². The second-order valence-corrected chi connectivity index (χ2v) is 10.1. The van der Waals surface area contributed by atoms with E-state index in [1.165, 1.54) is 36.3 Å². The molecule has 0 radical (unpaired) electrons. The Morgan fingerprint density at radius 3 is 2.02 bits per heavy atom. The van der Waals surface area contributed by atoms with Gasteiger partial charge >= 0.3 is 12.1 Å². The molecular formula is C29H36N10O8. The average Bonchev–Trinajstić information content (AvgIpc) is 3.03. The predicted molar refractivity (Wildman–Crippen MR) is 169 cm³/mol. The predicted octanol–water partition coefficient (Wildman–Crippen LogP) is -1.04. The maximum absolute atomic E-state index is 13.2. The number of benzene rings is 2. The number of hydrogen-bond acceptors (Lipinski definition) is 9. The van der Waals surface area contributed by atoms with Crippen LogP contribution in [0.15, 0.2) is 58.5 Å². The maximum atomic E-state index is 13.2. The number of nitrogens with two attached hydrogens (primary N) is 3. The molecule has 1 saturated heterocycles. The summed E-state index contributed by atoms with van der Waals surface area (Å²) in [6, 6.07) is 11.1. The van der Waals surface area contributed by atoms with Crippen molar-refractivity contribution in [3.05, 3.63) is 59.7 Å². The molecule has 1 heterocycles. The number of hydrogen-bond donors (Lipinski definition) is 7. The lowest BCUT2D eigenvalue weighted by atomic mass is 10.0. The zero-order valence-corrected chi connectivity index (χ0v) is 25.5. The highest BCUT2D eigenvalue weighted by Crippen LogP contribution is 2.18. The number of carboxylic acids is 1. The lowest BCUT2D eigenvalue weighted by molar-refractivity contribution is -0.155. The largest absolute Gasteiger partial charge is 0.480 e. The zero-order chi connectivity index (χ0) is 34.5. The quantitative estimate of drug-likeness (QED) is 0.0826. The van der Waals surface area contributed by atoms with E-state index in [0.29, 0.717) is 23.4 Å². The van der Waals surface area contributed by atoms with Gasteiger partial charge in [-0.25, -0.2) is 14.8 Å². The van der Waals surface area contributed by atoms with Gasteiger partial charge in [0.25, 0.3) is 11.8 Å². The fourth-order valence-electron chi connectivity index (χ4n) is 4.54. The summed E-state index contributed by atoms with van der Waals surface area (Å²) in [6.07, 6.45) is -0.372. The van der Waals surface area contributed by atoms with Gasteiger partial charge in [-0.05, 0) is 61.4 Å². The molecule has 0 saturated carbocycles. The molecule has 18 nitrogen and oxygen atoms in total. The number of carbonyl (C=O) groups is 6. The first-order valence-corrected chi connectivity index (χ1v) is 14.2. The summed E-state index contributed by atoms with van der Waals surface area (Å²) in [5.74, 6) is -3.56. The topological polar surface area (TPSA) is 277 Å². The Balaban J connectivity index is 1.58.